The number of anilines is 1. The Labute approximate surface area is 131 Å². The van der Waals surface area contributed by atoms with Crippen molar-refractivity contribution in [1.29, 1.82) is 0 Å². The summed E-state index contributed by atoms with van der Waals surface area (Å²) in [4.78, 5) is 3.45. The maximum absolute atomic E-state index is 15.6. The lowest BCUT2D eigenvalue weighted by molar-refractivity contribution is -0.228. The first kappa shape index (κ1) is 14.8. The molecule has 6 nitrogen and oxygen atoms in total. The van der Waals surface area contributed by atoms with Crippen LogP contribution in [0.1, 0.15) is 19.5 Å². The predicted molar refractivity (Wildman–Crippen MR) is 77.9 cm³/mol. The molecule has 1 aliphatic carbocycles. The molecule has 0 radical (unpaired) electrons. The van der Waals surface area contributed by atoms with Gasteiger partial charge in [-0.1, -0.05) is 13.8 Å². The summed E-state index contributed by atoms with van der Waals surface area (Å²) >= 11 is 0. The van der Waals surface area contributed by atoms with Crippen LogP contribution >= 0.6 is 0 Å². The van der Waals surface area contributed by atoms with Gasteiger partial charge in [-0.25, -0.2) is 8.91 Å². The standard InChI is InChI=1S/C15H18F2N4O2/c1-7-8(2)15(22)11(7)23-6-14(15,17)5-9-3-4-10-12(18)19-13(16)20-21(9)10/h3-4,7-8,11,22H,5-6H2,1-2H3,(H2,18,19,20). The zero-order chi connectivity index (χ0) is 16.6. The second kappa shape index (κ2) is 4.39. The highest BCUT2D eigenvalue weighted by Gasteiger charge is 2.73. The smallest absolute Gasteiger partial charge is 0.327 e. The maximum Gasteiger partial charge on any atom is 0.327 e. The Bertz CT molecular complexity index is 797. The fourth-order valence-electron chi connectivity index (χ4n) is 4.14. The van der Waals surface area contributed by atoms with Crippen LogP contribution in [0.3, 0.4) is 0 Å². The van der Waals surface area contributed by atoms with Crippen LogP contribution in [-0.2, 0) is 11.2 Å². The van der Waals surface area contributed by atoms with Crippen LogP contribution in [0.5, 0.6) is 0 Å². The number of fused-ring (bicyclic) bond motifs is 2. The Morgan fingerprint density at radius 3 is 2.96 bits per heavy atom. The fourth-order valence-corrected chi connectivity index (χ4v) is 4.14. The largest absolute Gasteiger partial charge is 0.383 e. The number of rotatable bonds is 2. The van der Waals surface area contributed by atoms with Crippen LogP contribution in [0.4, 0.5) is 14.6 Å². The van der Waals surface area contributed by atoms with E-state index >= 15 is 4.39 Å². The third-order valence-corrected chi connectivity index (χ3v) is 5.66. The molecule has 23 heavy (non-hydrogen) atoms. The molecule has 8 heteroatoms. The molecule has 0 amide bonds. The minimum Gasteiger partial charge on any atom is -0.383 e. The average Bonchev–Trinajstić information content (AvgIpc) is 2.98. The van der Waals surface area contributed by atoms with Gasteiger partial charge in [0.15, 0.2) is 11.5 Å². The maximum atomic E-state index is 15.6. The molecule has 5 unspecified atom stereocenters. The molecular formula is C15H18F2N4O2. The van der Waals surface area contributed by atoms with Gasteiger partial charge < -0.3 is 15.6 Å². The van der Waals surface area contributed by atoms with Gasteiger partial charge in [0, 0.05) is 12.1 Å². The first-order valence-electron chi connectivity index (χ1n) is 7.60. The van der Waals surface area contributed by atoms with Gasteiger partial charge in [-0.3, -0.25) is 0 Å². The molecule has 0 bridgehead atoms. The lowest BCUT2D eigenvalue weighted by Crippen LogP contribution is -2.70. The van der Waals surface area contributed by atoms with E-state index in [2.05, 4.69) is 10.1 Å². The summed E-state index contributed by atoms with van der Waals surface area (Å²) in [5, 5.41) is 14.5. The Morgan fingerprint density at radius 2 is 2.22 bits per heavy atom. The van der Waals surface area contributed by atoms with Crippen LogP contribution in [0, 0.1) is 17.9 Å². The van der Waals surface area contributed by atoms with Crippen molar-refractivity contribution in [3.63, 3.8) is 0 Å². The number of nitrogens with two attached hydrogens (primary N) is 1. The molecule has 2 aliphatic rings. The molecule has 3 N–H and O–H groups in total. The topological polar surface area (TPSA) is 85.7 Å². The Hall–Kier alpha value is -1.80. The molecule has 5 atom stereocenters. The number of nitrogens with zero attached hydrogens (tertiary/aromatic N) is 3. The number of aliphatic hydroxyl groups is 1. The summed E-state index contributed by atoms with van der Waals surface area (Å²) in [6.45, 7) is 3.56. The molecule has 2 fully saturated rings. The third kappa shape index (κ3) is 1.68. The van der Waals surface area contributed by atoms with Crippen LogP contribution in [0.15, 0.2) is 12.1 Å². The predicted octanol–water partition coefficient (Wildman–Crippen LogP) is 1.12. The average molecular weight is 324 g/mol. The van der Waals surface area contributed by atoms with Crippen molar-refractivity contribution in [1.82, 2.24) is 14.6 Å². The van der Waals surface area contributed by atoms with Gasteiger partial charge in [0.05, 0.1) is 12.7 Å². The van der Waals surface area contributed by atoms with Gasteiger partial charge in [0.1, 0.15) is 11.1 Å². The molecule has 0 aromatic carbocycles. The number of hydrogen-bond acceptors (Lipinski definition) is 5. The highest BCUT2D eigenvalue weighted by Crippen LogP contribution is 2.58. The van der Waals surface area contributed by atoms with Crippen LogP contribution < -0.4 is 5.73 Å². The number of nitrogen functional groups attached to an aromatic ring is 1. The van der Waals surface area contributed by atoms with Gasteiger partial charge in [-0.15, -0.1) is 5.10 Å². The van der Waals surface area contributed by atoms with Crippen molar-refractivity contribution < 1.29 is 18.6 Å². The Morgan fingerprint density at radius 1 is 1.48 bits per heavy atom. The molecule has 2 aromatic rings. The Balaban J connectivity index is 1.74. The molecule has 2 aromatic heterocycles. The van der Waals surface area contributed by atoms with E-state index in [1.54, 1.807) is 12.1 Å². The molecule has 124 valence electrons. The molecule has 4 rings (SSSR count). The lowest BCUT2D eigenvalue weighted by atomic mass is 9.55. The summed E-state index contributed by atoms with van der Waals surface area (Å²) in [6, 6.07) is 3.22. The summed E-state index contributed by atoms with van der Waals surface area (Å²) in [5.41, 5.74) is 3.00. The van der Waals surface area contributed by atoms with E-state index in [9.17, 15) is 9.50 Å². The van der Waals surface area contributed by atoms with Crippen LogP contribution in [0.2, 0.25) is 0 Å². The minimum absolute atomic E-state index is 0.0125. The zero-order valence-electron chi connectivity index (χ0n) is 12.8. The second-order valence-electron chi connectivity index (χ2n) is 6.73. The number of ether oxygens (including phenoxy) is 1. The van der Waals surface area contributed by atoms with Gasteiger partial charge >= 0.3 is 6.08 Å². The number of alkyl halides is 1. The minimum atomic E-state index is -1.95. The van der Waals surface area contributed by atoms with E-state index in [0.29, 0.717) is 11.2 Å². The van der Waals surface area contributed by atoms with E-state index in [0.717, 1.165) is 0 Å². The summed E-state index contributed by atoms with van der Waals surface area (Å²) in [6.07, 6.45) is -1.63. The van der Waals surface area contributed by atoms with E-state index in [1.165, 1.54) is 4.52 Å². The van der Waals surface area contributed by atoms with Gasteiger partial charge in [0.2, 0.25) is 0 Å². The van der Waals surface area contributed by atoms with Crippen LogP contribution in [0.25, 0.3) is 5.52 Å². The highest BCUT2D eigenvalue weighted by molar-refractivity contribution is 5.65. The fraction of sp³-hybridized carbons (Fsp3) is 0.600. The summed E-state index contributed by atoms with van der Waals surface area (Å²) in [7, 11) is 0. The van der Waals surface area contributed by atoms with Crippen molar-refractivity contribution >= 4 is 11.3 Å². The first-order valence-corrected chi connectivity index (χ1v) is 7.60. The van der Waals surface area contributed by atoms with Gasteiger partial charge in [-0.2, -0.15) is 9.37 Å². The summed E-state index contributed by atoms with van der Waals surface area (Å²) < 4.78 is 35.7. The van der Waals surface area contributed by atoms with Crippen molar-refractivity contribution in [2.24, 2.45) is 11.8 Å². The quantitative estimate of drug-likeness (QED) is 0.864. The monoisotopic (exact) mass is 324 g/mol. The summed E-state index contributed by atoms with van der Waals surface area (Å²) in [5.74, 6) is -0.138. The van der Waals surface area contributed by atoms with Crippen molar-refractivity contribution in [3.8, 4) is 0 Å². The molecule has 0 spiro atoms. The number of halogens is 2. The molecular weight excluding hydrogens is 306 g/mol. The van der Waals surface area contributed by atoms with E-state index in [1.807, 2.05) is 13.8 Å². The number of aromatic nitrogens is 3. The molecule has 3 heterocycles. The lowest BCUT2D eigenvalue weighted by Gasteiger charge is -2.54. The molecule has 1 aliphatic heterocycles. The van der Waals surface area contributed by atoms with Crippen molar-refractivity contribution in [2.75, 3.05) is 12.3 Å². The highest BCUT2D eigenvalue weighted by atomic mass is 19.1. The normalized spacial score (nSPS) is 39.4. The third-order valence-electron chi connectivity index (χ3n) is 5.66. The zero-order valence-corrected chi connectivity index (χ0v) is 12.8. The first-order chi connectivity index (χ1) is 10.8. The van der Waals surface area contributed by atoms with E-state index < -0.39 is 23.5 Å². The number of hydrogen-bond donors (Lipinski definition) is 2. The molecule has 1 saturated carbocycles. The van der Waals surface area contributed by atoms with E-state index in [-0.39, 0.29) is 30.7 Å². The SMILES string of the molecule is CC1C(C)C2(O)C1OCC2(F)Cc1ccc2c(N)nc(F)nn12. The van der Waals surface area contributed by atoms with Crippen LogP contribution in [-0.4, -0.2) is 43.7 Å². The van der Waals surface area contributed by atoms with Gasteiger partial charge in [0.25, 0.3) is 0 Å². The van der Waals surface area contributed by atoms with Crippen molar-refractivity contribution in [3.05, 3.63) is 23.9 Å². The second-order valence-corrected chi connectivity index (χ2v) is 6.73. The molecule has 1 saturated heterocycles. The van der Waals surface area contributed by atoms with Gasteiger partial charge in [-0.05, 0) is 24.0 Å². The Kier molecular flexibility index (Phi) is 2.82. The van der Waals surface area contributed by atoms with E-state index in [4.69, 9.17) is 10.5 Å². The van der Waals surface area contributed by atoms with Crippen molar-refractivity contribution in [2.45, 2.75) is 37.6 Å².